The molecule has 1 unspecified atom stereocenters. The summed E-state index contributed by atoms with van der Waals surface area (Å²) in [7, 11) is 3.90. The lowest BCUT2D eigenvalue weighted by Gasteiger charge is -2.36. The van der Waals surface area contributed by atoms with Crippen LogP contribution in [0.2, 0.25) is 0 Å². The van der Waals surface area contributed by atoms with Gasteiger partial charge in [-0.15, -0.1) is 0 Å². The number of nitrogens with zero attached hydrogens (tertiary/aromatic N) is 3. The summed E-state index contributed by atoms with van der Waals surface area (Å²) >= 11 is 0. The molecule has 0 saturated carbocycles. The summed E-state index contributed by atoms with van der Waals surface area (Å²) in [5.41, 5.74) is 0. The van der Waals surface area contributed by atoms with Crippen LogP contribution in [0.1, 0.15) is 12.8 Å². The topological polar surface area (TPSA) is 19.4 Å². The zero-order valence-electron chi connectivity index (χ0n) is 10.5. The second-order valence-electron chi connectivity index (χ2n) is 4.77. The Hall–Kier alpha value is -1.30. The fourth-order valence-corrected chi connectivity index (χ4v) is 2.23. The number of halogens is 3. The van der Waals surface area contributed by atoms with Crippen molar-refractivity contribution in [3.8, 4) is 0 Å². The van der Waals surface area contributed by atoms with E-state index >= 15 is 0 Å². The highest BCUT2D eigenvalue weighted by molar-refractivity contribution is 5.40. The molecular weight excluding hydrogens is 243 g/mol. The van der Waals surface area contributed by atoms with Gasteiger partial charge < -0.3 is 9.80 Å². The number of piperidine rings is 1. The van der Waals surface area contributed by atoms with Crippen molar-refractivity contribution in [3.63, 3.8) is 0 Å². The molecular formula is C12H16F3N3. The summed E-state index contributed by atoms with van der Waals surface area (Å²) in [6, 6.07) is 0.824. The van der Waals surface area contributed by atoms with Gasteiger partial charge >= 0.3 is 0 Å². The van der Waals surface area contributed by atoms with Crippen LogP contribution in [0.15, 0.2) is 6.07 Å². The van der Waals surface area contributed by atoms with Crippen molar-refractivity contribution in [3.05, 3.63) is 23.6 Å². The van der Waals surface area contributed by atoms with Gasteiger partial charge in [0.25, 0.3) is 5.95 Å². The zero-order chi connectivity index (χ0) is 13.3. The Labute approximate surface area is 104 Å². The molecule has 1 aromatic rings. The minimum absolute atomic E-state index is 0.0968. The van der Waals surface area contributed by atoms with E-state index in [9.17, 15) is 13.2 Å². The van der Waals surface area contributed by atoms with Gasteiger partial charge in [-0.05, 0) is 26.9 Å². The Morgan fingerprint density at radius 1 is 1.28 bits per heavy atom. The molecule has 1 saturated heterocycles. The van der Waals surface area contributed by atoms with Crippen molar-refractivity contribution in [2.24, 2.45) is 0 Å². The number of anilines is 1. The molecule has 18 heavy (non-hydrogen) atoms. The van der Waals surface area contributed by atoms with Crippen molar-refractivity contribution >= 4 is 5.82 Å². The van der Waals surface area contributed by atoms with Crippen LogP contribution in [0.4, 0.5) is 19.0 Å². The Morgan fingerprint density at radius 2 is 2.00 bits per heavy atom. The lowest BCUT2D eigenvalue weighted by atomic mass is 10.0. The van der Waals surface area contributed by atoms with E-state index in [1.54, 1.807) is 4.90 Å². The number of hydrogen-bond acceptors (Lipinski definition) is 3. The van der Waals surface area contributed by atoms with Crippen LogP contribution in [0.5, 0.6) is 0 Å². The molecule has 1 fully saturated rings. The highest BCUT2D eigenvalue weighted by Gasteiger charge is 2.25. The van der Waals surface area contributed by atoms with E-state index in [1.807, 2.05) is 19.0 Å². The number of rotatable bonds is 2. The fraction of sp³-hybridized carbons (Fsp3) is 0.583. The van der Waals surface area contributed by atoms with Gasteiger partial charge in [-0.2, -0.15) is 9.37 Å². The molecule has 3 nitrogen and oxygen atoms in total. The highest BCUT2D eigenvalue weighted by atomic mass is 19.2. The van der Waals surface area contributed by atoms with Crippen molar-refractivity contribution in [2.75, 3.05) is 32.1 Å². The van der Waals surface area contributed by atoms with Crippen LogP contribution in [0.25, 0.3) is 0 Å². The molecule has 0 amide bonds. The van der Waals surface area contributed by atoms with Gasteiger partial charge in [0, 0.05) is 25.2 Å². The third kappa shape index (κ3) is 2.58. The zero-order valence-corrected chi connectivity index (χ0v) is 10.5. The minimum Gasteiger partial charge on any atom is -0.353 e. The van der Waals surface area contributed by atoms with Crippen LogP contribution >= 0.6 is 0 Å². The molecule has 1 atom stereocenters. The predicted octanol–water partition coefficient (Wildman–Crippen LogP) is 2.03. The maximum atomic E-state index is 13.6. The van der Waals surface area contributed by atoms with E-state index < -0.39 is 17.6 Å². The SMILES string of the molecule is CN(C)C1CCCN(c2nc(F)c(F)cc2F)C1. The van der Waals surface area contributed by atoms with Gasteiger partial charge in [0.15, 0.2) is 17.5 Å². The summed E-state index contributed by atoms with van der Waals surface area (Å²) in [5.74, 6) is -3.41. The Morgan fingerprint density at radius 3 is 2.67 bits per heavy atom. The Bertz CT molecular complexity index is 437. The third-order valence-electron chi connectivity index (χ3n) is 3.29. The molecule has 0 N–H and O–H groups in total. The van der Waals surface area contributed by atoms with Gasteiger partial charge in [0.05, 0.1) is 0 Å². The first kappa shape index (κ1) is 13.1. The molecule has 1 aliphatic rings. The average Bonchev–Trinajstić information content (AvgIpc) is 2.34. The largest absolute Gasteiger partial charge is 0.353 e. The summed E-state index contributed by atoms with van der Waals surface area (Å²) in [4.78, 5) is 7.10. The smallest absolute Gasteiger partial charge is 0.251 e. The molecule has 0 aliphatic carbocycles. The number of hydrogen-bond donors (Lipinski definition) is 0. The molecule has 6 heteroatoms. The third-order valence-corrected chi connectivity index (χ3v) is 3.29. The summed E-state index contributed by atoms with van der Waals surface area (Å²) < 4.78 is 39.5. The van der Waals surface area contributed by atoms with Crippen LogP contribution in [0, 0.1) is 17.6 Å². The summed E-state index contributed by atoms with van der Waals surface area (Å²) in [6.07, 6.45) is 1.89. The first-order valence-corrected chi connectivity index (χ1v) is 5.92. The molecule has 2 heterocycles. The number of likely N-dealkylation sites (N-methyl/N-ethyl adjacent to an activating group) is 1. The predicted molar refractivity (Wildman–Crippen MR) is 63.0 cm³/mol. The molecule has 2 rings (SSSR count). The molecule has 100 valence electrons. The van der Waals surface area contributed by atoms with Gasteiger partial charge in [-0.3, -0.25) is 0 Å². The average molecular weight is 259 g/mol. The van der Waals surface area contributed by atoms with E-state index in [-0.39, 0.29) is 11.9 Å². The summed E-state index contributed by atoms with van der Waals surface area (Å²) in [5, 5.41) is 0. The quantitative estimate of drug-likeness (QED) is 0.758. The van der Waals surface area contributed by atoms with Crippen molar-refractivity contribution in [2.45, 2.75) is 18.9 Å². The highest BCUT2D eigenvalue weighted by Crippen LogP contribution is 2.23. The molecule has 0 bridgehead atoms. The van der Waals surface area contributed by atoms with Crippen molar-refractivity contribution < 1.29 is 13.2 Å². The van der Waals surface area contributed by atoms with Crippen LogP contribution in [0.3, 0.4) is 0 Å². The second-order valence-corrected chi connectivity index (χ2v) is 4.77. The van der Waals surface area contributed by atoms with E-state index in [2.05, 4.69) is 4.98 Å². The van der Waals surface area contributed by atoms with Gasteiger partial charge in [0.2, 0.25) is 0 Å². The van der Waals surface area contributed by atoms with Crippen LogP contribution in [-0.2, 0) is 0 Å². The van der Waals surface area contributed by atoms with E-state index in [0.717, 1.165) is 12.8 Å². The van der Waals surface area contributed by atoms with E-state index in [1.165, 1.54) is 0 Å². The first-order valence-electron chi connectivity index (χ1n) is 5.92. The maximum absolute atomic E-state index is 13.6. The van der Waals surface area contributed by atoms with Gasteiger partial charge in [0.1, 0.15) is 0 Å². The maximum Gasteiger partial charge on any atom is 0.251 e. The second kappa shape index (κ2) is 5.14. The molecule has 0 spiro atoms. The lowest BCUT2D eigenvalue weighted by molar-refractivity contribution is 0.256. The van der Waals surface area contributed by atoms with Crippen LogP contribution < -0.4 is 4.90 Å². The minimum atomic E-state index is -1.25. The van der Waals surface area contributed by atoms with Gasteiger partial charge in [-0.25, -0.2) is 8.78 Å². The first-order chi connectivity index (χ1) is 8.49. The Kier molecular flexibility index (Phi) is 3.75. The molecule has 1 aromatic heterocycles. The van der Waals surface area contributed by atoms with Crippen molar-refractivity contribution in [1.29, 1.82) is 0 Å². The lowest BCUT2D eigenvalue weighted by Crippen LogP contribution is -2.45. The molecule has 1 aliphatic heterocycles. The van der Waals surface area contributed by atoms with E-state index in [4.69, 9.17) is 0 Å². The summed E-state index contributed by atoms with van der Waals surface area (Å²) in [6.45, 7) is 1.18. The normalized spacial score (nSPS) is 20.6. The van der Waals surface area contributed by atoms with Crippen molar-refractivity contribution in [1.82, 2.24) is 9.88 Å². The molecule has 0 radical (unpaired) electrons. The monoisotopic (exact) mass is 259 g/mol. The standard InChI is InChI=1S/C12H16F3N3/c1-17(2)8-4-3-5-18(7-8)12-10(14)6-9(13)11(15)16-12/h6,8H,3-5,7H2,1-2H3. The van der Waals surface area contributed by atoms with E-state index in [0.29, 0.717) is 19.2 Å². The Balaban J connectivity index is 2.23. The molecule has 0 aromatic carbocycles. The number of pyridine rings is 1. The fourth-order valence-electron chi connectivity index (χ4n) is 2.23. The number of aromatic nitrogens is 1. The van der Waals surface area contributed by atoms with Crippen LogP contribution in [-0.4, -0.2) is 43.1 Å². The van der Waals surface area contributed by atoms with Gasteiger partial charge in [-0.1, -0.05) is 0 Å².